The van der Waals surface area contributed by atoms with Crippen LogP contribution in [0.5, 0.6) is 0 Å². The summed E-state index contributed by atoms with van der Waals surface area (Å²) in [6.45, 7) is 0.968. The van der Waals surface area contributed by atoms with Gasteiger partial charge in [-0.25, -0.2) is 0 Å². The summed E-state index contributed by atoms with van der Waals surface area (Å²) in [5, 5.41) is 12.9. The highest BCUT2D eigenvalue weighted by molar-refractivity contribution is 6.35. The van der Waals surface area contributed by atoms with E-state index >= 15 is 0 Å². The number of benzene rings is 3. The quantitative estimate of drug-likeness (QED) is 0.291. The van der Waals surface area contributed by atoms with E-state index in [2.05, 4.69) is 5.32 Å². The largest absolute Gasteiger partial charge is 0.388 e. The minimum atomic E-state index is -0.127. The summed E-state index contributed by atoms with van der Waals surface area (Å²) in [5.74, 6) is -0.199. The number of fused-ring (bicyclic) bond motifs is 1. The van der Waals surface area contributed by atoms with Crippen LogP contribution in [0.1, 0.15) is 27.1 Å². The van der Waals surface area contributed by atoms with Crippen LogP contribution < -0.4 is 10.9 Å². The first-order valence-electron chi connectivity index (χ1n) is 11.5. The minimum absolute atomic E-state index is 0.00447. The van der Waals surface area contributed by atoms with Crippen molar-refractivity contribution in [2.24, 2.45) is 0 Å². The average Bonchev–Trinajstić information content (AvgIpc) is 3.15. The van der Waals surface area contributed by atoms with Gasteiger partial charge in [-0.3, -0.25) is 15.0 Å². The molecule has 1 amide bonds. The molecule has 36 heavy (non-hydrogen) atoms. The van der Waals surface area contributed by atoms with Crippen molar-refractivity contribution in [3.05, 3.63) is 93.5 Å². The molecule has 1 aromatic heterocycles. The number of carbonyl (C=O) groups is 2. The number of rotatable bonds is 9. The number of nitrogens with one attached hydrogen (secondary N) is 2. The summed E-state index contributed by atoms with van der Waals surface area (Å²) in [4.78, 5) is 27.5. The first kappa shape index (κ1) is 25.5. The fourth-order valence-electron chi connectivity index (χ4n) is 4.20. The van der Waals surface area contributed by atoms with E-state index in [1.54, 1.807) is 57.5 Å². The summed E-state index contributed by atoms with van der Waals surface area (Å²) in [7, 11) is 3.58. The van der Waals surface area contributed by atoms with Gasteiger partial charge in [-0.15, -0.1) is 0 Å². The molecule has 0 spiro atoms. The van der Waals surface area contributed by atoms with Gasteiger partial charge in [0.2, 0.25) is 5.62 Å². The fraction of sp³-hybridized carbons (Fsp3) is 0.222. The Morgan fingerprint density at radius 2 is 1.69 bits per heavy atom. The van der Waals surface area contributed by atoms with Crippen LogP contribution in [0.4, 0.5) is 5.69 Å². The molecular weight excluding hydrogens is 497 g/mol. The molecule has 0 aliphatic rings. The Bertz CT molecular complexity index is 1470. The number of aromatic nitrogens is 2. The highest BCUT2D eigenvalue weighted by Crippen LogP contribution is 2.23. The van der Waals surface area contributed by atoms with E-state index in [9.17, 15) is 9.59 Å². The summed E-state index contributed by atoms with van der Waals surface area (Å²) >= 11 is 12.5. The standard InChI is InChI=1S/C27H27Cl2N5O2/c1-31-21-7-3-6-19(16-21)26(36)32(2)14-5-15-33-25-22(29)8-4-9-23(25)34(27(33)30)17-24(35)18-10-12-20(28)13-11-18/h3-4,6-13,16,30-31H,5,14-15,17H2,1-2H3. The first-order valence-corrected chi connectivity index (χ1v) is 12.3. The van der Waals surface area contributed by atoms with Crippen molar-refractivity contribution in [3.63, 3.8) is 0 Å². The fourth-order valence-corrected chi connectivity index (χ4v) is 4.60. The third-order valence-electron chi connectivity index (χ3n) is 6.13. The van der Waals surface area contributed by atoms with Gasteiger partial charge < -0.3 is 19.4 Å². The molecule has 0 aliphatic heterocycles. The Morgan fingerprint density at radius 3 is 2.42 bits per heavy atom. The number of carbonyl (C=O) groups excluding carboxylic acids is 2. The number of anilines is 1. The molecule has 0 atom stereocenters. The molecule has 0 saturated carbocycles. The molecule has 0 unspecified atom stereocenters. The van der Waals surface area contributed by atoms with Crippen molar-refractivity contribution in [2.45, 2.75) is 19.5 Å². The van der Waals surface area contributed by atoms with E-state index in [0.717, 1.165) is 5.69 Å². The van der Waals surface area contributed by atoms with Gasteiger partial charge in [-0.05, 0) is 61.0 Å². The second-order valence-electron chi connectivity index (χ2n) is 8.51. The molecule has 1 heterocycles. The maximum Gasteiger partial charge on any atom is 0.253 e. The monoisotopic (exact) mass is 523 g/mol. The second-order valence-corrected chi connectivity index (χ2v) is 9.35. The molecule has 0 saturated heterocycles. The van der Waals surface area contributed by atoms with Crippen molar-refractivity contribution in [1.29, 1.82) is 5.41 Å². The van der Waals surface area contributed by atoms with Crippen LogP contribution in [-0.2, 0) is 13.1 Å². The van der Waals surface area contributed by atoms with Gasteiger partial charge in [0.15, 0.2) is 5.78 Å². The maximum absolute atomic E-state index is 12.9. The predicted octanol–water partition coefficient (Wildman–Crippen LogP) is 5.32. The maximum atomic E-state index is 12.9. The number of hydrogen-bond donors (Lipinski definition) is 2. The number of halogens is 2. The number of hydrogen-bond acceptors (Lipinski definition) is 4. The van der Waals surface area contributed by atoms with Gasteiger partial charge >= 0.3 is 0 Å². The molecule has 4 aromatic rings. The number of ketones is 1. The number of Topliss-reactive ketones (excluding diaryl/α,β-unsaturated/α-hetero) is 1. The lowest BCUT2D eigenvalue weighted by Gasteiger charge is -2.18. The highest BCUT2D eigenvalue weighted by atomic mass is 35.5. The zero-order valence-electron chi connectivity index (χ0n) is 20.1. The van der Waals surface area contributed by atoms with Crippen LogP contribution in [0.15, 0.2) is 66.7 Å². The number of nitrogens with zero attached hydrogens (tertiary/aromatic N) is 3. The summed E-state index contributed by atoms with van der Waals surface area (Å²) in [6.07, 6.45) is 0.611. The Hall–Kier alpha value is -3.55. The predicted molar refractivity (Wildman–Crippen MR) is 144 cm³/mol. The Morgan fingerprint density at radius 1 is 0.972 bits per heavy atom. The SMILES string of the molecule is CNc1cccc(C(=O)N(C)CCCn2c(=N)n(CC(=O)c3ccc(Cl)cc3)c3cccc(Cl)c32)c1. The van der Waals surface area contributed by atoms with Crippen molar-refractivity contribution < 1.29 is 9.59 Å². The lowest BCUT2D eigenvalue weighted by Crippen LogP contribution is -2.31. The Kier molecular flexibility index (Phi) is 7.82. The van der Waals surface area contributed by atoms with E-state index in [-0.39, 0.29) is 23.9 Å². The van der Waals surface area contributed by atoms with Gasteiger partial charge in [-0.1, -0.05) is 35.3 Å². The summed E-state index contributed by atoms with van der Waals surface area (Å²) in [5.41, 5.74) is 3.59. The second kappa shape index (κ2) is 11.0. The highest BCUT2D eigenvalue weighted by Gasteiger charge is 2.18. The minimum Gasteiger partial charge on any atom is -0.388 e. The van der Waals surface area contributed by atoms with Gasteiger partial charge in [0.05, 0.1) is 22.6 Å². The van der Waals surface area contributed by atoms with Gasteiger partial charge in [-0.2, -0.15) is 0 Å². The molecule has 7 nitrogen and oxygen atoms in total. The van der Waals surface area contributed by atoms with Crippen LogP contribution in [0.25, 0.3) is 11.0 Å². The third-order valence-corrected chi connectivity index (χ3v) is 6.68. The summed E-state index contributed by atoms with van der Waals surface area (Å²) in [6, 6.07) is 19.5. The van der Waals surface area contributed by atoms with Crippen molar-refractivity contribution in [3.8, 4) is 0 Å². The van der Waals surface area contributed by atoms with E-state index in [1.807, 2.05) is 37.4 Å². The molecule has 186 valence electrons. The van der Waals surface area contributed by atoms with E-state index in [4.69, 9.17) is 28.6 Å². The van der Waals surface area contributed by atoms with Crippen molar-refractivity contribution in [1.82, 2.24) is 14.0 Å². The number of para-hydroxylation sites is 1. The van der Waals surface area contributed by atoms with E-state index in [0.29, 0.717) is 51.7 Å². The van der Waals surface area contributed by atoms with Gasteiger partial charge in [0.25, 0.3) is 5.91 Å². The molecule has 0 bridgehead atoms. The Balaban J connectivity index is 1.53. The lowest BCUT2D eigenvalue weighted by atomic mass is 10.1. The van der Waals surface area contributed by atoms with Gasteiger partial charge in [0, 0.05) is 49.0 Å². The molecule has 3 aromatic carbocycles. The molecule has 0 aliphatic carbocycles. The number of aryl methyl sites for hydroxylation is 1. The van der Waals surface area contributed by atoms with Crippen molar-refractivity contribution in [2.75, 3.05) is 26.0 Å². The number of amides is 1. The number of imidazole rings is 1. The van der Waals surface area contributed by atoms with Crippen molar-refractivity contribution >= 4 is 51.6 Å². The molecule has 4 rings (SSSR count). The molecule has 0 fully saturated rings. The van der Waals surface area contributed by atoms with Crippen LogP contribution >= 0.6 is 23.2 Å². The zero-order chi connectivity index (χ0) is 25.8. The molecule has 0 radical (unpaired) electrons. The van der Waals surface area contributed by atoms with Crippen LogP contribution in [0.3, 0.4) is 0 Å². The lowest BCUT2D eigenvalue weighted by molar-refractivity contribution is 0.0791. The zero-order valence-corrected chi connectivity index (χ0v) is 21.6. The van der Waals surface area contributed by atoms with Crippen LogP contribution in [-0.4, -0.2) is 46.4 Å². The topological polar surface area (TPSA) is 83.1 Å². The third kappa shape index (κ3) is 5.32. The van der Waals surface area contributed by atoms with Crippen LogP contribution in [0, 0.1) is 5.41 Å². The smallest absolute Gasteiger partial charge is 0.253 e. The first-order chi connectivity index (χ1) is 17.3. The Labute approximate surface area is 219 Å². The van der Waals surface area contributed by atoms with E-state index in [1.165, 1.54) is 0 Å². The van der Waals surface area contributed by atoms with E-state index < -0.39 is 0 Å². The normalized spacial score (nSPS) is 11.0. The van der Waals surface area contributed by atoms with Gasteiger partial charge in [0.1, 0.15) is 0 Å². The average molecular weight is 524 g/mol. The molecule has 2 N–H and O–H groups in total. The summed E-state index contributed by atoms with van der Waals surface area (Å²) < 4.78 is 3.46. The molecule has 9 heteroatoms. The molecular formula is C27H27Cl2N5O2. The van der Waals surface area contributed by atoms with Crippen LogP contribution in [0.2, 0.25) is 10.0 Å².